The largest absolute Gasteiger partial charge is 3.00 e. The second-order valence-electron chi connectivity index (χ2n) is 24.1. The van der Waals surface area contributed by atoms with Crippen LogP contribution in [-0.2, 0) is 47.4 Å². The number of aromatic nitrogens is 12. The van der Waals surface area contributed by atoms with Gasteiger partial charge in [-0.3, -0.25) is 0 Å². The monoisotopic (exact) mass is 1490 g/mol. The number of H-pyrrole nitrogens is 6. The van der Waals surface area contributed by atoms with Gasteiger partial charge >= 0.3 is 17.1 Å². The molecule has 18 rings (SSSR count). The Morgan fingerprint density at radius 3 is 0.529 bits per heavy atom. The molecule has 0 aliphatic carbocycles. The quantitative estimate of drug-likeness (QED) is 0.0665. The number of aromatic amines is 6. The van der Waals surface area contributed by atoms with Crippen LogP contribution in [-0.4, -0.2) is 98.7 Å². The predicted molar refractivity (Wildman–Crippen MR) is 397 cm³/mol. The maximum Gasteiger partial charge on any atom is 3.00 e. The molecule has 3 aromatic carbocycles. The molecular formula is C78H51ClMnN12O9S3-. The van der Waals surface area contributed by atoms with Crippen LogP contribution in [0.4, 0.5) is 0 Å². The van der Waals surface area contributed by atoms with Crippen LogP contribution < -0.4 is 12.4 Å². The first-order valence-electron chi connectivity index (χ1n) is 31.6. The number of nitrogens with zero attached hydrogens (tertiary/aromatic N) is 6. The van der Waals surface area contributed by atoms with Gasteiger partial charge in [0, 0.05) is 82.9 Å². The van der Waals surface area contributed by atoms with Crippen LogP contribution in [0.3, 0.4) is 0 Å². The summed E-state index contributed by atoms with van der Waals surface area (Å²) >= 11 is 0. The molecule has 15 heterocycles. The van der Waals surface area contributed by atoms with Crippen molar-refractivity contribution in [1.29, 1.82) is 0 Å². The van der Waals surface area contributed by atoms with Crippen LogP contribution in [0.15, 0.2) is 215 Å². The Morgan fingerprint density at radius 1 is 0.221 bits per heavy atom. The molecule has 0 unspecified atom stereocenters. The molecule has 12 aromatic rings. The molecule has 6 N–H and O–H groups in total. The molecular weight excluding hydrogens is 1440 g/mol. The molecule has 510 valence electrons. The van der Waals surface area contributed by atoms with Crippen molar-refractivity contribution in [3.8, 4) is 33.4 Å². The summed E-state index contributed by atoms with van der Waals surface area (Å²) < 4.78 is 102. The summed E-state index contributed by atoms with van der Waals surface area (Å²) in [6, 6.07) is 59.3. The summed E-state index contributed by atoms with van der Waals surface area (Å²) in [5.74, 6) is 0. The van der Waals surface area contributed by atoms with Crippen LogP contribution in [0, 0.1) is 0 Å². The average Bonchev–Trinajstić information content (AvgIpc) is 1.63. The normalized spacial score (nSPS) is 12.6. The molecule has 21 nitrogen and oxygen atoms in total. The second kappa shape index (κ2) is 28.1. The fourth-order valence-electron chi connectivity index (χ4n) is 12.3. The maximum atomic E-state index is 11.4. The molecule has 0 saturated heterocycles. The van der Waals surface area contributed by atoms with Gasteiger partial charge in [-0.15, -0.1) is 0 Å². The van der Waals surface area contributed by atoms with Gasteiger partial charge in [-0.05, 0) is 253 Å². The average molecular weight is 1490 g/mol. The van der Waals surface area contributed by atoms with Gasteiger partial charge in [0.25, 0.3) is 0 Å². The first-order chi connectivity index (χ1) is 49.2. The smallest absolute Gasteiger partial charge is 1.00 e. The Hall–Kier alpha value is -12.0. The molecule has 0 atom stereocenters. The molecule has 6 aliphatic heterocycles. The summed E-state index contributed by atoms with van der Waals surface area (Å²) in [6.45, 7) is 0. The number of halogens is 1. The number of fused-ring (bicyclic) bond motifs is 24. The van der Waals surface area contributed by atoms with E-state index < -0.39 is 30.4 Å². The number of benzene rings is 3. The molecule has 0 fully saturated rings. The van der Waals surface area contributed by atoms with Crippen LogP contribution in [0.5, 0.6) is 0 Å². The second-order valence-corrected chi connectivity index (χ2v) is 28.2. The number of hydrogen-bond acceptors (Lipinski definition) is 15. The Labute approximate surface area is 609 Å². The number of hydrogen-bond donors (Lipinski definition) is 6. The molecule has 9 aromatic heterocycles. The van der Waals surface area contributed by atoms with E-state index in [-0.39, 0.29) is 44.2 Å². The zero-order valence-electron chi connectivity index (χ0n) is 53.8. The third kappa shape index (κ3) is 15.3. The van der Waals surface area contributed by atoms with Crippen LogP contribution >= 0.6 is 0 Å². The SMILES string of the molecule is O=S(=O)([O-])c1ccc(-c2c3nc(cc4ccc(cc5ccc(cc6nc2C=C6)[nH]5)[nH]4)C=C3)cc1.O=S(=O)([O-])c1ccc(-c2c3nc(cc4ccc(cc5ccc(cc6nc2C=C6)[nH]5)[nH]4)C=C3)cc1.O=S(=O)([O-])c1ccc(-c2c3nc(cc4ccc(cc5ccc(cc6nc2C=C6)[nH]5)[nH]4)C=C3)cc1.[Cl-].[Mn+3]. The Balaban J connectivity index is 0.000000130. The molecule has 0 amide bonds. The van der Waals surface area contributed by atoms with Gasteiger partial charge in [0.05, 0.1) is 83.0 Å². The van der Waals surface area contributed by atoms with Gasteiger partial charge in [-0.1, -0.05) is 36.4 Å². The van der Waals surface area contributed by atoms with Crippen LogP contribution in [0.25, 0.3) is 172 Å². The van der Waals surface area contributed by atoms with Crippen molar-refractivity contribution in [2.24, 2.45) is 0 Å². The molecule has 104 heavy (non-hydrogen) atoms. The minimum Gasteiger partial charge on any atom is -1.00 e. The molecule has 6 aliphatic rings. The predicted octanol–water partition coefficient (Wildman–Crippen LogP) is 12.7. The van der Waals surface area contributed by atoms with E-state index in [0.717, 1.165) is 117 Å². The van der Waals surface area contributed by atoms with Crippen molar-refractivity contribution in [3.63, 3.8) is 0 Å². The summed E-state index contributed by atoms with van der Waals surface area (Å²) in [6.07, 6.45) is 22.9. The summed E-state index contributed by atoms with van der Waals surface area (Å²) in [5, 5.41) is 0. The van der Waals surface area contributed by atoms with E-state index in [9.17, 15) is 38.9 Å². The van der Waals surface area contributed by atoms with Gasteiger partial charge in [-0.2, -0.15) is 0 Å². The first kappa shape index (κ1) is 69.1. The topological polar surface area (TPSA) is 344 Å². The van der Waals surface area contributed by atoms with Crippen molar-refractivity contribution in [3.05, 3.63) is 269 Å². The zero-order chi connectivity index (χ0) is 69.9. The van der Waals surface area contributed by atoms with E-state index in [1.807, 2.05) is 200 Å². The molecule has 0 spiro atoms. The summed E-state index contributed by atoms with van der Waals surface area (Å²) in [5.41, 5.74) is 24.5. The third-order valence-corrected chi connectivity index (χ3v) is 19.5. The Bertz CT molecular complexity index is 5700. The van der Waals surface area contributed by atoms with Gasteiger partial charge in [0.2, 0.25) is 0 Å². The fraction of sp³-hybridized carbons (Fsp3) is 0. The van der Waals surface area contributed by atoms with E-state index >= 15 is 0 Å². The number of nitrogens with one attached hydrogen (secondary N) is 6. The van der Waals surface area contributed by atoms with Gasteiger partial charge in [-0.25, -0.2) is 55.2 Å². The van der Waals surface area contributed by atoms with E-state index in [1.165, 1.54) is 36.4 Å². The van der Waals surface area contributed by atoms with Crippen molar-refractivity contribution < 1.29 is 68.4 Å². The van der Waals surface area contributed by atoms with Gasteiger partial charge < -0.3 is 56.0 Å². The van der Waals surface area contributed by atoms with Gasteiger partial charge in [0.15, 0.2) is 0 Å². The van der Waals surface area contributed by atoms with Gasteiger partial charge in [0.1, 0.15) is 30.4 Å². The fourth-order valence-corrected chi connectivity index (χ4v) is 13.7. The summed E-state index contributed by atoms with van der Waals surface area (Å²) in [4.78, 5) is 48.1. The zero-order valence-corrected chi connectivity index (χ0v) is 58.2. The van der Waals surface area contributed by atoms with E-state index in [0.29, 0.717) is 50.9 Å². The Kier molecular flexibility index (Phi) is 18.7. The minimum atomic E-state index is -4.53. The summed E-state index contributed by atoms with van der Waals surface area (Å²) in [7, 11) is -13.6. The van der Waals surface area contributed by atoms with E-state index in [1.54, 1.807) is 36.4 Å². The third-order valence-electron chi connectivity index (χ3n) is 16.9. The van der Waals surface area contributed by atoms with Crippen LogP contribution in [0.2, 0.25) is 0 Å². The molecule has 26 heteroatoms. The van der Waals surface area contributed by atoms with E-state index in [4.69, 9.17) is 29.9 Å². The molecule has 0 radical (unpaired) electrons. The van der Waals surface area contributed by atoms with Crippen molar-refractivity contribution in [2.75, 3.05) is 0 Å². The van der Waals surface area contributed by atoms with E-state index in [2.05, 4.69) is 29.9 Å². The van der Waals surface area contributed by atoms with Crippen molar-refractivity contribution >= 4 is 169 Å². The Morgan fingerprint density at radius 2 is 0.375 bits per heavy atom. The molecule has 0 saturated carbocycles. The maximum absolute atomic E-state index is 11.4. The first-order valence-corrected chi connectivity index (χ1v) is 35.9. The number of rotatable bonds is 6. The molecule has 24 bridgehead atoms. The van der Waals surface area contributed by atoms with Crippen molar-refractivity contribution in [1.82, 2.24) is 59.8 Å². The standard InChI is InChI=1S/3C26H18N4O3S.ClH.Mn/c3*31-34(32,33)23-9-1-16(2-10-23)26-24-11-7-21(29-24)14-19-5-3-17(27-19)13-18-4-6-20(28-18)15-22-8-12-25(26)30-22;;/h3*1-15,27-28H,(H,31,32,33);1H;/q;;;;+3/p-4. The van der Waals surface area contributed by atoms with Crippen LogP contribution in [0.1, 0.15) is 68.3 Å². The minimum absolute atomic E-state index is 0. The van der Waals surface area contributed by atoms with Crippen molar-refractivity contribution in [2.45, 2.75) is 14.7 Å².